The Morgan fingerprint density at radius 1 is 0.750 bits per heavy atom. The van der Waals surface area contributed by atoms with Crippen molar-refractivity contribution in [2.45, 2.75) is 0 Å². The Bertz CT molecular complexity index is 6.00. The molecule has 0 aliphatic heterocycles. The molecule has 4 heteroatoms. The Morgan fingerprint density at radius 2 is 0.750 bits per heavy atom. The Hall–Kier alpha value is 1.84. The first-order chi connectivity index (χ1) is 0. The van der Waals surface area contributed by atoms with E-state index in [0.29, 0.717) is 0 Å². The molecule has 0 saturated heterocycles. The van der Waals surface area contributed by atoms with Gasteiger partial charge in [0.05, 0.1) is 0 Å². The van der Waals surface area contributed by atoms with Crippen LogP contribution in [0.25, 0.3) is 0 Å². The third-order valence-electron chi connectivity index (χ3n) is 0. The topological polar surface area (TPSA) is 57.0 Å². The van der Waals surface area contributed by atoms with E-state index in [1.54, 1.807) is 0 Å². The standard InChI is InChI=1S/Ca.2O.Pd/q+2;2*-2;+2. The maximum absolute atomic E-state index is 0. The summed E-state index contributed by atoms with van der Waals surface area (Å²) < 4.78 is 0. The van der Waals surface area contributed by atoms with Crippen LogP contribution in [0, 0.1) is 0 Å². The molecule has 0 aliphatic rings. The van der Waals surface area contributed by atoms with Gasteiger partial charge in [-0.05, 0) is 0 Å². The van der Waals surface area contributed by atoms with Gasteiger partial charge in [-0.1, -0.05) is 0 Å². The molecule has 0 aromatic rings. The zero-order valence-corrected chi connectivity index (χ0v) is 5.60. The van der Waals surface area contributed by atoms with Gasteiger partial charge < -0.3 is 11.0 Å². The van der Waals surface area contributed by atoms with Crippen LogP contribution < -0.4 is 0 Å². The molecule has 0 aromatic heterocycles. The van der Waals surface area contributed by atoms with Gasteiger partial charge in [0, 0.05) is 0 Å². The van der Waals surface area contributed by atoms with E-state index >= 15 is 0 Å². The van der Waals surface area contributed by atoms with Crippen LogP contribution in [0.5, 0.6) is 0 Å². The monoisotopic (exact) mass is 178 g/mol. The predicted molar refractivity (Wildman–Crippen MR) is 7.13 cm³/mol. The smallest absolute Gasteiger partial charge is 2.00 e. The summed E-state index contributed by atoms with van der Waals surface area (Å²) in [4.78, 5) is 0. The summed E-state index contributed by atoms with van der Waals surface area (Å²) in [6, 6.07) is 0. The molecule has 0 unspecified atom stereocenters. The van der Waals surface area contributed by atoms with Crippen molar-refractivity contribution in [3.8, 4) is 0 Å². The summed E-state index contributed by atoms with van der Waals surface area (Å²) >= 11 is 0. The summed E-state index contributed by atoms with van der Waals surface area (Å²) in [5.74, 6) is 0. The van der Waals surface area contributed by atoms with Gasteiger partial charge in [0.15, 0.2) is 0 Å². The van der Waals surface area contributed by atoms with E-state index in [0.717, 1.165) is 0 Å². The van der Waals surface area contributed by atoms with Gasteiger partial charge in [-0.15, -0.1) is 0 Å². The minimum Gasteiger partial charge on any atom is -2.00 e. The molecule has 0 N–H and O–H groups in total. The quantitative estimate of drug-likeness (QED) is 0.444. The van der Waals surface area contributed by atoms with Gasteiger partial charge in [-0.3, -0.25) is 0 Å². The van der Waals surface area contributed by atoms with Crippen LogP contribution in [-0.4, -0.2) is 37.7 Å². The van der Waals surface area contributed by atoms with E-state index in [-0.39, 0.29) is 69.1 Å². The van der Waals surface area contributed by atoms with E-state index in [9.17, 15) is 0 Å². The first-order valence-electron chi connectivity index (χ1n) is 0. The minimum atomic E-state index is 0. The molecule has 0 fully saturated rings. The average Bonchev–Trinajstić information content (AvgIpc) is 0. The maximum Gasteiger partial charge on any atom is 2.00 e. The Morgan fingerprint density at radius 3 is 0.750 bits per heavy atom. The van der Waals surface area contributed by atoms with Gasteiger partial charge in [0.25, 0.3) is 0 Å². The van der Waals surface area contributed by atoms with Gasteiger partial charge in [-0.25, -0.2) is 0 Å². The van der Waals surface area contributed by atoms with Crippen molar-refractivity contribution < 1.29 is 31.4 Å². The summed E-state index contributed by atoms with van der Waals surface area (Å²) in [5.41, 5.74) is 0. The molecule has 4 heavy (non-hydrogen) atoms. The molecule has 0 amide bonds. The van der Waals surface area contributed by atoms with Crippen molar-refractivity contribution >= 4 is 37.7 Å². The fourth-order valence-electron chi connectivity index (χ4n) is 0. The molecule has 0 spiro atoms. The van der Waals surface area contributed by atoms with Crippen molar-refractivity contribution in [3.05, 3.63) is 0 Å². The van der Waals surface area contributed by atoms with Gasteiger partial charge in [0.2, 0.25) is 0 Å². The van der Waals surface area contributed by atoms with Crippen LogP contribution in [0.3, 0.4) is 0 Å². The molecular weight excluding hydrogens is 178 g/mol. The van der Waals surface area contributed by atoms with Gasteiger partial charge in [0.1, 0.15) is 0 Å². The third-order valence-corrected chi connectivity index (χ3v) is 0. The largest absolute Gasteiger partial charge is 2.00 e. The summed E-state index contributed by atoms with van der Waals surface area (Å²) in [6.45, 7) is 0. The molecule has 0 atom stereocenters. The fourth-order valence-corrected chi connectivity index (χ4v) is 0. The summed E-state index contributed by atoms with van der Waals surface area (Å²) in [5, 5.41) is 0. The molecule has 0 heterocycles. The zero-order valence-electron chi connectivity index (χ0n) is 1.84. The van der Waals surface area contributed by atoms with Crippen LogP contribution in [-0.2, 0) is 31.4 Å². The van der Waals surface area contributed by atoms with Crippen LogP contribution >= 0.6 is 0 Å². The van der Waals surface area contributed by atoms with Gasteiger partial charge in [-0.2, -0.15) is 0 Å². The summed E-state index contributed by atoms with van der Waals surface area (Å²) in [6.07, 6.45) is 0. The molecule has 0 aromatic carbocycles. The normalized spacial score (nSPS) is 0. The Kier molecular flexibility index (Phi) is 213. The van der Waals surface area contributed by atoms with Gasteiger partial charge >= 0.3 is 58.2 Å². The van der Waals surface area contributed by atoms with Crippen LogP contribution in [0.4, 0.5) is 0 Å². The number of hydrogen-bond donors (Lipinski definition) is 0. The SMILES string of the molecule is [Ca+2].[O-2].[O-2].[Pd+2]. The summed E-state index contributed by atoms with van der Waals surface area (Å²) in [7, 11) is 0. The Balaban J connectivity index is 0. The molecule has 0 bridgehead atoms. The molecular formula is CaO2Pd. The second-order valence-electron chi connectivity index (χ2n) is 0. The van der Waals surface area contributed by atoms with Crippen LogP contribution in [0.2, 0.25) is 0 Å². The van der Waals surface area contributed by atoms with Crippen LogP contribution in [0.1, 0.15) is 0 Å². The predicted octanol–water partition coefficient (Wildman–Crippen LogP) is -0.621. The van der Waals surface area contributed by atoms with Crippen molar-refractivity contribution in [3.63, 3.8) is 0 Å². The van der Waals surface area contributed by atoms with Crippen molar-refractivity contribution in [1.29, 1.82) is 0 Å². The molecule has 0 aliphatic carbocycles. The van der Waals surface area contributed by atoms with E-state index < -0.39 is 0 Å². The van der Waals surface area contributed by atoms with E-state index in [2.05, 4.69) is 0 Å². The molecule has 0 radical (unpaired) electrons. The first kappa shape index (κ1) is 40.4. The minimum absolute atomic E-state index is 0. The molecule has 2 nitrogen and oxygen atoms in total. The number of rotatable bonds is 0. The van der Waals surface area contributed by atoms with E-state index in [1.165, 1.54) is 0 Å². The third kappa shape index (κ3) is 9.15. The van der Waals surface area contributed by atoms with E-state index in [4.69, 9.17) is 0 Å². The molecule has 0 saturated carbocycles. The zero-order chi connectivity index (χ0) is 0. The van der Waals surface area contributed by atoms with Crippen LogP contribution in [0.15, 0.2) is 0 Å². The first-order valence-corrected chi connectivity index (χ1v) is 0. The number of hydrogen-bond acceptors (Lipinski definition) is 0. The second-order valence-corrected chi connectivity index (χ2v) is 0. The Labute approximate surface area is 68.2 Å². The fraction of sp³-hybridized carbons (Fsp3) is 0. The van der Waals surface area contributed by atoms with Crippen molar-refractivity contribution in [1.82, 2.24) is 0 Å². The van der Waals surface area contributed by atoms with E-state index in [1.807, 2.05) is 0 Å². The van der Waals surface area contributed by atoms with Crippen molar-refractivity contribution in [2.75, 3.05) is 0 Å². The second kappa shape index (κ2) is 21.1. The molecule has 24 valence electrons. The average molecular weight is 178 g/mol. The maximum atomic E-state index is 0. The van der Waals surface area contributed by atoms with Crippen molar-refractivity contribution in [2.24, 2.45) is 0 Å². The molecule has 0 rings (SSSR count).